The summed E-state index contributed by atoms with van der Waals surface area (Å²) in [6.45, 7) is 0. The third kappa shape index (κ3) is 3.30. The maximum Gasteiger partial charge on any atom is 0.471 e. The van der Waals surface area contributed by atoms with Gasteiger partial charge in [0.05, 0.1) is 13.2 Å². The monoisotopic (exact) mass is 210 g/mol. The zero-order chi connectivity index (χ0) is 11.4. The number of esters is 1. The number of amides is 1. The third-order valence-electron chi connectivity index (χ3n) is 1.10. The van der Waals surface area contributed by atoms with Gasteiger partial charge < -0.3 is 10.1 Å². The standard InChI is InChI=1S/C6H5F3N2O3/c1-14-4(12)3(2-10)11-5(13)6(7,8)9/h3H,1H3,(H,11,13). The number of nitriles is 1. The van der Waals surface area contributed by atoms with Crippen LogP contribution >= 0.6 is 0 Å². The molecule has 8 heteroatoms. The van der Waals surface area contributed by atoms with Gasteiger partial charge in [0.15, 0.2) is 0 Å². The van der Waals surface area contributed by atoms with Crippen LogP contribution in [0.1, 0.15) is 0 Å². The number of methoxy groups -OCH3 is 1. The lowest BCUT2D eigenvalue weighted by atomic mass is 10.3. The highest BCUT2D eigenvalue weighted by atomic mass is 19.4. The van der Waals surface area contributed by atoms with Gasteiger partial charge in [-0.1, -0.05) is 0 Å². The van der Waals surface area contributed by atoms with Crippen molar-refractivity contribution >= 4 is 11.9 Å². The molecule has 0 heterocycles. The molecule has 0 aromatic rings. The number of nitrogens with zero attached hydrogens (tertiary/aromatic N) is 1. The van der Waals surface area contributed by atoms with Gasteiger partial charge in [-0.3, -0.25) is 4.79 Å². The van der Waals surface area contributed by atoms with E-state index in [0.717, 1.165) is 18.5 Å². The highest BCUT2D eigenvalue weighted by Crippen LogP contribution is 2.14. The Bertz CT molecular complexity index is 281. The summed E-state index contributed by atoms with van der Waals surface area (Å²) >= 11 is 0. The minimum atomic E-state index is -5.14. The molecule has 0 aliphatic heterocycles. The van der Waals surface area contributed by atoms with Gasteiger partial charge >= 0.3 is 18.1 Å². The van der Waals surface area contributed by atoms with Crippen molar-refractivity contribution in [3.63, 3.8) is 0 Å². The molecule has 1 unspecified atom stereocenters. The van der Waals surface area contributed by atoms with Crippen molar-refractivity contribution in [2.75, 3.05) is 7.11 Å². The molecule has 0 radical (unpaired) electrons. The second-order valence-electron chi connectivity index (χ2n) is 2.06. The van der Waals surface area contributed by atoms with Gasteiger partial charge in [0, 0.05) is 0 Å². The van der Waals surface area contributed by atoms with Crippen LogP contribution in [0, 0.1) is 11.3 Å². The van der Waals surface area contributed by atoms with Crippen molar-refractivity contribution in [1.82, 2.24) is 5.32 Å². The molecule has 0 aromatic heterocycles. The van der Waals surface area contributed by atoms with E-state index in [9.17, 15) is 22.8 Å². The molecule has 1 atom stereocenters. The van der Waals surface area contributed by atoms with Crippen molar-refractivity contribution in [3.05, 3.63) is 0 Å². The summed E-state index contributed by atoms with van der Waals surface area (Å²) in [5, 5.41) is 9.37. The van der Waals surface area contributed by atoms with Gasteiger partial charge in [0.25, 0.3) is 0 Å². The first-order valence-electron chi connectivity index (χ1n) is 3.18. The number of hydrogen-bond donors (Lipinski definition) is 1. The summed E-state index contributed by atoms with van der Waals surface area (Å²) < 4.78 is 38.9. The molecule has 1 N–H and O–H groups in total. The van der Waals surface area contributed by atoms with Crippen LogP contribution in [0.2, 0.25) is 0 Å². The van der Waals surface area contributed by atoms with Crippen molar-refractivity contribution in [3.8, 4) is 6.07 Å². The highest BCUT2D eigenvalue weighted by Gasteiger charge is 2.41. The fraction of sp³-hybridized carbons (Fsp3) is 0.500. The van der Waals surface area contributed by atoms with Crippen molar-refractivity contribution in [1.29, 1.82) is 5.26 Å². The van der Waals surface area contributed by atoms with E-state index >= 15 is 0 Å². The van der Waals surface area contributed by atoms with E-state index in [2.05, 4.69) is 4.74 Å². The SMILES string of the molecule is COC(=O)C(C#N)NC(=O)C(F)(F)F. The maximum atomic E-state index is 11.6. The molecule has 5 nitrogen and oxygen atoms in total. The molecule has 0 rings (SSSR count). The Labute approximate surface area is 76.4 Å². The molecule has 0 fully saturated rings. The Morgan fingerprint density at radius 3 is 2.29 bits per heavy atom. The Kier molecular flexibility index (Phi) is 3.89. The van der Waals surface area contributed by atoms with E-state index < -0.39 is 24.1 Å². The molecule has 78 valence electrons. The van der Waals surface area contributed by atoms with Crippen molar-refractivity contribution in [2.45, 2.75) is 12.2 Å². The van der Waals surface area contributed by atoms with Gasteiger partial charge in [0.2, 0.25) is 6.04 Å². The molecule has 0 saturated carbocycles. The zero-order valence-corrected chi connectivity index (χ0v) is 6.88. The van der Waals surface area contributed by atoms with E-state index in [1.54, 1.807) is 0 Å². The van der Waals surface area contributed by atoms with Crippen LogP contribution in [-0.4, -0.2) is 31.2 Å². The van der Waals surface area contributed by atoms with Crippen LogP contribution in [0.3, 0.4) is 0 Å². The molecule has 1 amide bonds. The van der Waals surface area contributed by atoms with Crippen molar-refractivity contribution in [2.24, 2.45) is 0 Å². The largest absolute Gasteiger partial charge is 0.471 e. The molecule has 0 aromatic carbocycles. The van der Waals surface area contributed by atoms with Gasteiger partial charge in [-0.2, -0.15) is 18.4 Å². The van der Waals surface area contributed by atoms with E-state index in [1.165, 1.54) is 0 Å². The Hall–Kier alpha value is -1.78. The van der Waals surface area contributed by atoms with E-state index in [4.69, 9.17) is 5.26 Å². The van der Waals surface area contributed by atoms with Crippen LogP contribution < -0.4 is 5.32 Å². The maximum absolute atomic E-state index is 11.6. The lowest BCUT2D eigenvalue weighted by Crippen LogP contribution is -2.46. The number of hydrogen-bond acceptors (Lipinski definition) is 4. The number of alkyl halides is 3. The zero-order valence-electron chi connectivity index (χ0n) is 6.88. The second kappa shape index (κ2) is 4.45. The number of carbonyl (C=O) groups is 2. The molecule has 0 saturated heterocycles. The topological polar surface area (TPSA) is 79.2 Å². The van der Waals surface area contributed by atoms with Gasteiger partial charge in [0.1, 0.15) is 0 Å². The van der Waals surface area contributed by atoms with Crippen molar-refractivity contribution < 1.29 is 27.5 Å². The Morgan fingerprint density at radius 1 is 1.50 bits per heavy atom. The molecule has 0 aliphatic carbocycles. The second-order valence-corrected chi connectivity index (χ2v) is 2.06. The fourth-order valence-electron chi connectivity index (χ4n) is 0.475. The van der Waals surface area contributed by atoms with Gasteiger partial charge in [-0.15, -0.1) is 0 Å². The molecule has 14 heavy (non-hydrogen) atoms. The smallest absolute Gasteiger partial charge is 0.467 e. The van der Waals surface area contributed by atoms with Crippen LogP contribution in [-0.2, 0) is 14.3 Å². The number of nitrogens with one attached hydrogen (secondary N) is 1. The molecule has 0 bridgehead atoms. The molecular formula is C6H5F3N2O3. The summed E-state index contributed by atoms with van der Waals surface area (Å²) in [6.07, 6.45) is -5.14. The number of halogens is 3. The van der Waals surface area contributed by atoms with E-state index in [1.807, 2.05) is 0 Å². The predicted octanol–water partition coefficient (Wildman–Crippen LogP) is -0.270. The highest BCUT2D eigenvalue weighted by molar-refractivity contribution is 5.89. The molecular weight excluding hydrogens is 205 g/mol. The quantitative estimate of drug-likeness (QED) is 0.636. The lowest BCUT2D eigenvalue weighted by molar-refractivity contribution is -0.175. The molecule has 0 spiro atoms. The van der Waals surface area contributed by atoms with Crippen LogP contribution in [0.4, 0.5) is 13.2 Å². The molecule has 0 aliphatic rings. The van der Waals surface area contributed by atoms with Gasteiger partial charge in [-0.25, -0.2) is 4.79 Å². The fourth-order valence-corrected chi connectivity index (χ4v) is 0.475. The minimum absolute atomic E-state index is 0.881. The predicted molar refractivity (Wildman–Crippen MR) is 35.6 cm³/mol. The Morgan fingerprint density at radius 2 is 2.00 bits per heavy atom. The van der Waals surface area contributed by atoms with Gasteiger partial charge in [-0.05, 0) is 0 Å². The first kappa shape index (κ1) is 12.2. The summed E-state index contributed by atoms with van der Waals surface area (Å²) in [5.41, 5.74) is 0. The van der Waals surface area contributed by atoms with Crippen LogP contribution in [0.5, 0.6) is 0 Å². The number of rotatable bonds is 2. The minimum Gasteiger partial charge on any atom is -0.467 e. The number of ether oxygens (including phenoxy) is 1. The summed E-state index contributed by atoms with van der Waals surface area (Å²) in [6, 6.07) is -0.801. The lowest BCUT2D eigenvalue weighted by Gasteiger charge is -2.10. The third-order valence-corrected chi connectivity index (χ3v) is 1.10. The first-order chi connectivity index (χ1) is 6.32. The van der Waals surface area contributed by atoms with Crippen LogP contribution in [0.15, 0.2) is 0 Å². The normalized spacial score (nSPS) is 12.5. The number of carbonyl (C=O) groups excluding carboxylic acids is 2. The first-order valence-corrected chi connectivity index (χ1v) is 3.18. The van der Waals surface area contributed by atoms with Crippen LogP contribution in [0.25, 0.3) is 0 Å². The average molecular weight is 210 g/mol. The summed E-state index contributed by atoms with van der Waals surface area (Å²) in [7, 11) is 0.881. The van der Waals surface area contributed by atoms with E-state index in [-0.39, 0.29) is 0 Å². The Balaban J connectivity index is 4.44. The average Bonchev–Trinajstić information content (AvgIpc) is 2.10. The summed E-state index contributed by atoms with van der Waals surface area (Å²) in [5.74, 6) is -3.63. The summed E-state index contributed by atoms with van der Waals surface area (Å²) in [4.78, 5) is 20.8. The van der Waals surface area contributed by atoms with E-state index in [0.29, 0.717) is 0 Å².